The maximum Gasteiger partial charge on any atom is 0.333 e. The van der Waals surface area contributed by atoms with Crippen LogP contribution in [0.4, 0.5) is 17.1 Å². The highest BCUT2D eigenvalue weighted by atomic mass is 16.5. The smallest absolute Gasteiger partial charge is 0.333 e. The zero-order valence-corrected chi connectivity index (χ0v) is 22.7. The van der Waals surface area contributed by atoms with Crippen LogP contribution in [0.2, 0.25) is 0 Å². The van der Waals surface area contributed by atoms with E-state index in [4.69, 9.17) is 4.74 Å². The average Bonchev–Trinajstić information content (AvgIpc) is 2.88. The number of esters is 1. The van der Waals surface area contributed by atoms with Gasteiger partial charge in [-0.3, -0.25) is 0 Å². The summed E-state index contributed by atoms with van der Waals surface area (Å²) in [6.07, 6.45) is 0. The van der Waals surface area contributed by atoms with Gasteiger partial charge in [0.05, 0.1) is 6.54 Å². The maximum absolute atomic E-state index is 11.7. The summed E-state index contributed by atoms with van der Waals surface area (Å²) >= 11 is 0. The molecule has 0 amide bonds. The molecule has 0 aliphatic carbocycles. The fraction of sp³-hybridized carbons (Fsp3) is 0.323. The Kier molecular flexibility index (Phi) is 8.46. The lowest BCUT2D eigenvalue weighted by Crippen LogP contribution is -2.26. The summed E-state index contributed by atoms with van der Waals surface area (Å²) in [6, 6.07) is 26.3. The molecule has 0 atom stereocenters. The van der Waals surface area contributed by atoms with Crippen molar-refractivity contribution >= 4 is 23.0 Å². The summed E-state index contributed by atoms with van der Waals surface area (Å²) in [4.78, 5) is 18.0. The van der Waals surface area contributed by atoms with E-state index in [1.54, 1.807) is 6.92 Å². The van der Waals surface area contributed by atoms with Crippen LogP contribution in [0.1, 0.15) is 30.5 Å². The van der Waals surface area contributed by atoms with Crippen molar-refractivity contribution in [1.29, 1.82) is 0 Å². The third-order valence-electron chi connectivity index (χ3n) is 6.82. The normalized spacial score (nSPS) is 11.1. The molecule has 3 aromatic carbocycles. The van der Waals surface area contributed by atoms with E-state index in [1.807, 2.05) is 7.05 Å². The molecule has 0 bridgehead atoms. The van der Waals surface area contributed by atoms with E-state index in [1.165, 1.54) is 28.1 Å². The summed E-state index contributed by atoms with van der Waals surface area (Å²) < 4.78 is 5.26. The van der Waals surface area contributed by atoms with Crippen molar-refractivity contribution < 1.29 is 9.53 Å². The first-order chi connectivity index (χ1) is 17.0. The topological polar surface area (TPSA) is 36.0 Å². The third-order valence-corrected chi connectivity index (χ3v) is 6.82. The summed E-state index contributed by atoms with van der Waals surface area (Å²) in [7, 11) is 10.2. The molecule has 0 aromatic heterocycles. The van der Waals surface area contributed by atoms with Gasteiger partial charge in [0, 0.05) is 63.3 Å². The van der Waals surface area contributed by atoms with Gasteiger partial charge < -0.3 is 19.4 Å². The molecular weight excluding hydrogens is 446 g/mol. The van der Waals surface area contributed by atoms with E-state index < -0.39 is 0 Å². The van der Waals surface area contributed by atoms with Crippen LogP contribution in [0.3, 0.4) is 0 Å². The minimum absolute atomic E-state index is 0.318. The van der Waals surface area contributed by atoms with Gasteiger partial charge in [0.25, 0.3) is 0 Å². The van der Waals surface area contributed by atoms with Gasteiger partial charge in [0.1, 0.15) is 6.61 Å². The highest BCUT2D eigenvalue weighted by Gasteiger charge is 2.31. The van der Waals surface area contributed by atoms with Crippen LogP contribution in [-0.4, -0.2) is 54.4 Å². The largest absolute Gasteiger partial charge is 0.460 e. The Labute approximate surface area is 216 Å². The molecule has 0 radical (unpaired) electrons. The van der Waals surface area contributed by atoms with Crippen molar-refractivity contribution in [1.82, 2.24) is 0 Å². The van der Waals surface area contributed by atoms with Crippen molar-refractivity contribution in [3.05, 3.63) is 102 Å². The van der Waals surface area contributed by atoms with Crippen molar-refractivity contribution in [3.63, 3.8) is 0 Å². The van der Waals surface area contributed by atoms with Crippen LogP contribution in [-0.2, 0) is 14.9 Å². The fourth-order valence-electron chi connectivity index (χ4n) is 4.26. The fourth-order valence-corrected chi connectivity index (χ4v) is 4.26. The number of carbonyl (C=O) groups is 1. The summed E-state index contributed by atoms with van der Waals surface area (Å²) in [5.74, 6) is -0.352. The molecule has 5 nitrogen and oxygen atoms in total. The minimum Gasteiger partial charge on any atom is -0.460 e. The summed E-state index contributed by atoms with van der Waals surface area (Å²) in [5, 5.41) is 0. The number of hydrogen-bond acceptors (Lipinski definition) is 5. The van der Waals surface area contributed by atoms with Gasteiger partial charge in [-0.2, -0.15) is 0 Å². The molecule has 190 valence electrons. The number of hydrogen-bond donors (Lipinski definition) is 0. The molecule has 3 rings (SSSR count). The Bertz CT molecular complexity index is 1110. The highest BCUT2D eigenvalue weighted by Crippen LogP contribution is 2.40. The zero-order chi connectivity index (χ0) is 26.5. The first-order valence-electron chi connectivity index (χ1n) is 12.2. The van der Waals surface area contributed by atoms with Gasteiger partial charge in [-0.05, 0) is 66.9 Å². The van der Waals surface area contributed by atoms with Crippen LogP contribution in [0.5, 0.6) is 0 Å². The highest BCUT2D eigenvalue weighted by molar-refractivity contribution is 5.86. The minimum atomic E-state index is -0.352. The Morgan fingerprint density at radius 3 is 1.42 bits per heavy atom. The number of anilines is 3. The van der Waals surface area contributed by atoms with E-state index in [0.717, 1.165) is 5.69 Å². The van der Waals surface area contributed by atoms with Gasteiger partial charge in [-0.1, -0.05) is 43.0 Å². The Hall–Kier alpha value is -3.73. The van der Waals surface area contributed by atoms with Crippen LogP contribution < -0.4 is 14.7 Å². The Morgan fingerprint density at radius 1 is 0.722 bits per heavy atom. The first-order valence-corrected chi connectivity index (χ1v) is 12.2. The molecule has 0 spiro atoms. The standard InChI is InChI=1S/C31H39N3O2/c1-23(2)30(35)36-22-21-34(8)29-19-13-26(14-20-29)31(3,24-9-15-27(16-10-24)32(4)5)25-11-17-28(18-12-25)33(6)7/h9-20H,1,21-22H2,2-8H3. The van der Waals surface area contributed by atoms with E-state index >= 15 is 0 Å². The van der Waals surface area contributed by atoms with E-state index in [0.29, 0.717) is 18.7 Å². The predicted molar refractivity (Wildman–Crippen MR) is 153 cm³/mol. The molecule has 0 fully saturated rings. The van der Waals surface area contributed by atoms with Gasteiger partial charge in [0.15, 0.2) is 0 Å². The molecule has 0 heterocycles. The first kappa shape index (κ1) is 26.9. The van der Waals surface area contributed by atoms with Crippen molar-refractivity contribution in [2.45, 2.75) is 19.3 Å². The number of ether oxygens (including phenoxy) is 1. The van der Waals surface area contributed by atoms with Crippen molar-refractivity contribution in [2.75, 3.05) is 63.1 Å². The third kappa shape index (κ3) is 5.91. The predicted octanol–water partition coefficient (Wildman–Crippen LogP) is 5.73. The second-order valence-electron chi connectivity index (χ2n) is 9.89. The molecule has 0 N–H and O–H groups in total. The Morgan fingerprint density at radius 2 is 1.08 bits per heavy atom. The second kappa shape index (κ2) is 11.3. The van der Waals surface area contributed by atoms with Crippen molar-refractivity contribution in [2.24, 2.45) is 0 Å². The molecule has 0 saturated carbocycles. The lowest BCUT2D eigenvalue weighted by Gasteiger charge is -2.33. The quantitative estimate of drug-likeness (QED) is 0.208. The Balaban J connectivity index is 1.93. The van der Waals surface area contributed by atoms with Crippen molar-refractivity contribution in [3.8, 4) is 0 Å². The monoisotopic (exact) mass is 485 g/mol. The van der Waals surface area contributed by atoms with E-state index in [2.05, 4.69) is 129 Å². The maximum atomic E-state index is 11.7. The van der Waals surface area contributed by atoms with Crippen LogP contribution in [0.15, 0.2) is 84.9 Å². The lowest BCUT2D eigenvalue weighted by atomic mass is 9.71. The van der Waals surface area contributed by atoms with Crippen LogP contribution >= 0.6 is 0 Å². The number of nitrogens with zero attached hydrogens (tertiary/aromatic N) is 3. The van der Waals surface area contributed by atoms with Gasteiger partial charge in [0.2, 0.25) is 0 Å². The van der Waals surface area contributed by atoms with Crippen LogP contribution in [0, 0.1) is 0 Å². The average molecular weight is 486 g/mol. The molecule has 5 heteroatoms. The van der Waals surface area contributed by atoms with Gasteiger partial charge >= 0.3 is 5.97 Å². The molecule has 3 aromatic rings. The number of benzene rings is 3. The molecular formula is C31H39N3O2. The SMILES string of the molecule is C=C(C)C(=O)OCCN(C)c1ccc(C(C)(c2ccc(N(C)C)cc2)c2ccc(N(C)C)cc2)cc1. The van der Waals surface area contributed by atoms with Crippen LogP contribution in [0.25, 0.3) is 0 Å². The number of carbonyl (C=O) groups excluding carboxylic acids is 1. The lowest BCUT2D eigenvalue weighted by molar-refractivity contribution is -0.138. The zero-order valence-electron chi connectivity index (χ0n) is 22.7. The number of rotatable bonds is 10. The van der Waals surface area contributed by atoms with Gasteiger partial charge in [-0.15, -0.1) is 0 Å². The molecule has 0 aliphatic rings. The number of likely N-dealkylation sites (N-methyl/N-ethyl adjacent to an activating group) is 1. The molecule has 0 saturated heterocycles. The van der Waals surface area contributed by atoms with E-state index in [9.17, 15) is 4.79 Å². The summed E-state index contributed by atoms with van der Waals surface area (Å²) in [5.41, 5.74) is 7.18. The second-order valence-corrected chi connectivity index (χ2v) is 9.89. The molecule has 0 aliphatic heterocycles. The molecule has 36 heavy (non-hydrogen) atoms. The van der Waals surface area contributed by atoms with Gasteiger partial charge in [-0.25, -0.2) is 4.79 Å². The molecule has 0 unspecified atom stereocenters. The summed E-state index contributed by atoms with van der Waals surface area (Å²) in [6.45, 7) is 8.50. The van der Waals surface area contributed by atoms with E-state index in [-0.39, 0.29) is 11.4 Å².